The van der Waals surface area contributed by atoms with Crippen LogP contribution >= 0.6 is 0 Å². The van der Waals surface area contributed by atoms with Crippen LogP contribution < -0.4 is 4.74 Å². The van der Waals surface area contributed by atoms with Crippen LogP contribution in [0.3, 0.4) is 0 Å². The molecule has 17 heavy (non-hydrogen) atoms. The molecule has 0 aromatic heterocycles. The van der Waals surface area contributed by atoms with Crippen molar-refractivity contribution in [3.8, 4) is 5.75 Å². The zero-order valence-corrected chi connectivity index (χ0v) is 9.46. The van der Waals surface area contributed by atoms with Gasteiger partial charge in [0.05, 0.1) is 20.3 Å². The van der Waals surface area contributed by atoms with Crippen molar-refractivity contribution in [2.45, 2.75) is 12.2 Å². The van der Waals surface area contributed by atoms with Gasteiger partial charge in [-0.05, 0) is 17.7 Å². The maximum Gasteiger partial charge on any atom is 0.335 e. The Kier molecular flexibility index (Phi) is 3.61. The summed E-state index contributed by atoms with van der Waals surface area (Å²) in [5.74, 6) is -0.289. The maximum absolute atomic E-state index is 11.0. The summed E-state index contributed by atoms with van der Waals surface area (Å²) >= 11 is 0. The Balaban J connectivity index is 2.20. The first kappa shape index (κ1) is 11.9. The number of rotatable bonds is 3. The molecule has 2 atom stereocenters. The van der Waals surface area contributed by atoms with E-state index in [1.165, 1.54) is 0 Å². The van der Waals surface area contributed by atoms with Gasteiger partial charge in [0.15, 0.2) is 6.10 Å². The van der Waals surface area contributed by atoms with Crippen molar-refractivity contribution in [3.63, 3.8) is 0 Å². The number of carboxylic acid groups (broad SMARTS) is 1. The number of aliphatic carboxylic acids is 1. The van der Waals surface area contributed by atoms with Crippen molar-refractivity contribution in [2.75, 3.05) is 20.3 Å². The Morgan fingerprint density at radius 2 is 1.94 bits per heavy atom. The number of methoxy groups -OCH3 is 1. The fourth-order valence-electron chi connectivity index (χ4n) is 1.79. The summed E-state index contributed by atoms with van der Waals surface area (Å²) in [5, 5.41) is 9.04. The van der Waals surface area contributed by atoms with E-state index in [0.717, 1.165) is 11.3 Å². The molecule has 2 rings (SSSR count). The van der Waals surface area contributed by atoms with Gasteiger partial charge in [0.25, 0.3) is 0 Å². The monoisotopic (exact) mass is 238 g/mol. The van der Waals surface area contributed by atoms with Crippen LogP contribution in [0.2, 0.25) is 0 Å². The Bertz CT molecular complexity index is 386. The topological polar surface area (TPSA) is 65.0 Å². The van der Waals surface area contributed by atoms with Crippen LogP contribution in [-0.4, -0.2) is 37.5 Å². The van der Waals surface area contributed by atoms with Gasteiger partial charge < -0.3 is 19.3 Å². The van der Waals surface area contributed by atoms with E-state index in [1.807, 2.05) is 0 Å². The number of benzene rings is 1. The molecule has 0 saturated carbocycles. The minimum atomic E-state index is -1.01. The first-order chi connectivity index (χ1) is 8.22. The SMILES string of the molecule is COc1ccc([C@H]2OCCO[C@H]2C(=O)O)cc1. The van der Waals surface area contributed by atoms with Crippen molar-refractivity contribution in [1.82, 2.24) is 0 Å². The summed E-state index contributed by atoms with van der Waals surface area (Å²) in [7, 11) is 1.58. The highest BCUT2D eigenvalue weighted by Crippen LogP contribution is 2.28. The van der Waals surface area contributed by atoms with E-state index >= 15 is 0 Å². The standard InChI is InChI=1S/C12H14O5/c1-15-9-4-2-8(3-5-9)10-11(12(13)14)17-7-6-16-10/h2-5,10-11H,6-7H2,1H3,(H,13,14)/t10-,11-/m1/s1. The van der Waals surface area contributed by atoms with Crippen LogP contribution in [0.15, 0.2) is 24.3 Å². The van der Waals surface area contributed by atoms with E-state index in [1.54, 1.807) is 31.4 Å². The molecule has 1 heterocycles. The Labute approximate surface area is 98.9 Å². The second-order valence-electron chi connectivity index (χ2n) is 3.69. The summed E-state index contributed by atoms with van der Waals surface area (Å²) in [4.78, 5) is 11.0. The highest BCUT2D eigenvalue weighted by molar-refractivity contribution is 5.73. The predicted octanol–water partition coefficient (Wildman–Crippen LogP) is 1.24. The molecule has 0 amide bonds. The molecule has 0 bridgehead atoms. The number of hydrogen-bond acceptors (Lipinski definition) is 4. The molecule has 1 aliphatic rings. The second-order valence-corrected chi connectivity index (χ2v) is 3.69. The fraction of sp³-hybridized carbons (Fsp3) is 0.417. The summed E-state index contributed by atoms with van der Waals surface area (Å²) in [6, 6.07) is 7.11. The maximum atomic E-state index is 11.0. The van der Waals surface area contributed by atoms with Gasteiger partial charge in [-0.1, -0.05) is 12.1 Å². The molecule has 5 nitrogen and oxygen atoms in total. The highest BCUT2D eigenvalue weighted by atomic mass is 16.6. The van der Waals surface area contributed by atoms with Crippen molar-refractivity contribution in [2.24, 2.45) is 0 Å². The van der Waals surface area contributed by atoms with Crippen molar-refractivity contribution in [1.29, 1.82) is 0 Å². The third-order valence-corrected chi connectivity index (χ3v) is 2.64. The van der Waals surface area contributed by atoms with E-state index in [4.69, 9.17) is 19.3 Å². The summed E-state index contributed by atoms with van der Waals surface area (Å²) in [6.45, 7) is 0.712. The average Bonchev–Trinajstić information content (AvgIpc) is 2.39. The molecule has 0 unspecified atom stereocenters. The van der Waals surface area contributed by atoms with E-state index in [0.29, 0.717) is 13.2 Å². The lowest BCUT2D eigenvalue weighted by Crippen LogP contribution is -2.38. The Morgan fingerprint density at radius 1 is 1.29 bits per heavy atom. The molecule has 1 aromatic carbocycles. The van der Waals surface area contributed by atoms with Crippen LogP contribution in [0.1, 0.15) is 11.7 Å². The first-order valence-corrected chi connectivity index (χ1v) is 5.32. The average molecular weight is 238 g/mol. The first-order valence-electron chi connectivity index (χ1n) is 5.32. The summed E-state index contributed by atoms with van der Waals surface area (Å²) in [5.41, 5.74) is 0.776. The molecular weight excluding hydrogens is 224 g/mol. The number of carbonyl (C=O) groups is 1. The van der Waals surface area contributed by atoms with Crippen molar-refractivity contribution < 1.29 is 24.1 Å². The molecule has 5 heteroatoms. The van der Waals surface area contributed by atoms with Gasteiger partial charge in [-0.15, -0.1) is 0 Å². The van der Waals surface area contributed by atoms with Gasteiger partial charge in [-0.25, -0.2) is 4.79 Å². The minimum Gasteiger partial charge on any atom is -0.497 e. The number of ether oxygens (including phenoxy) is 3. The number of hydrogen-bond donors (Lipinski definition) is 1. The molecule has 0 radical (unpaired) electrons. The molecule has 1 fully saturated rings. The smallest absolute Gasteiger partial charge is 0.335 e. The molecule has 1 saturated heterocycles. The zero-order valence-electron chi connectivity index (χ0n) is 9.46. The Hall–Kier alpha value is -1.59. The lowest BCUT2D eigenvalue weighted by Gasteiger charge is -2.29. The molecule has 1 N–H and O–H groups in total. The normalized spacial score (nSPS) is 24.3. The van der Waals surface area contributed by atoms with Crippen molar-refractivity contribution >= 4 is 5.97 Å². The Morgan fingerprint density at radius 3 is 2.53 bits per heavy atom. The lowest BCUT2D eigenvalue weighted by molar-refractivity contribution is -0.181. The van der Waals surface area contributed by atoms with Crippen molar-refractivity contribution in [3.05, 3.63) is 29.8 Å². The summed E-state index contributed by atoms with van der Waals surface area (Å²) < 4.78 is 15.7. The highest BCUT2D eigenvalue weighted by Gasteiger charge is 2.34. The van der Waals surface area contributed by atoms with Gasteiger partial charge in [-0.3, -0.25) is 0 Å². The van der Waals surface area contributed by atoms with Gasteiger partial charge in [-0.2, -0.15) is 0 Å². The third kappa shape index (κ3) is 2.57. The van der Waals surface area contributed by atoms with E-state index in [-0.39, 0.29) is 0 Å². The van der Waals surface area contributed by atoms with E-state index < -0.39 is 18.2 Å². The van der Waals surface area contributed by atoms with Gasteiger partial charge in [0, 0.05) is 0 Å². The molecule has 0 aliphatic carbocycles. The number of carboxylic acids is 1. The largest absolute Gasteiger partial charge is 0.497 e. The van der Waals surface area contributed by atoms with Gasteiger partial charge in [0.2, 0.25) is 0 Å². The fourth-order valence-corrected chi connectivity index (χ4v) is 1.79. The van der Waals surface area contributed by atoms with Gasteiger partial charge in [0.1, 0.15) is 11.9 Å². The summed E-state index contributed by atoms with van der Waals surface area (Å²) in [6.07, 6.45) is -1.51. The van der Waals surface area contributed by atoms with E-state index in [9.17, 15) is 4.79 Å². The quantitative estimate of drug-likeness (QED) is 0.858. The van der Waals surface area contributed by atoms with Crippen LogP contribution in [0.5, 0.6) is 5.75 Å². The molecule has 92 valence electrons. The molecule has 0 spiro atoms. The minimum absolute atomic E-state index is 0.309. The molecule has 1 aliphatic heterocycles. The van der Waals surface area contributed by atoms with E-state index in [2.05, 4.69) is 0 Å². The predicted molar refractivity (Wildman–Crippen MR) is 59.1 cm³/mol. The van der Waals surface area contributed by atoms with Crippen LogP contribution in [0.25, 0.3) is 0 Å². The second kappa shape index (κ2) is 5.16. The zero-order chi connectivity index (χ0) is 12.3. The molecule has 1 aromatic rings. The van der Waals surface area contributed by atoms with Crippen LogP contribution in [-0.2, 0) is 14.3 Å². The third-order valence-electron chi connectivity index (χ3n) is 2.64. The molecular formula is C12H14O5. The van der Waals surface area contributed by atoms with Gasteiger partial charge >= 0.3 is 5.97 Å². The van der Waals surface area contributed by atoms with Crippen LogP contribution in [0, 0.1) is 0 Å². The van der Waals surface area contributed by atoms with Crippen LogP contribution in [0.4, 0.5) is 0 Å². The lowest BCUT2D eigenvalue weighted by atomic mass is 10.0.